The van der Waals surface area contributed by atoms with Crippen LogP contribution >= 0.6 is 0 Å². The summed E-state index contributed by atoms with van der Waals surface area (Å²) in [5.41, 5.74) is 0. The summed E-state index contributed by atoms with van der Waals surface area (Å²) in [5, 5.41) is 0. The maximum absolute atomic E-state index is 11.4. The van der Waals surface area contributed by atoms with Crippen LogP contribution in [0.15, 0.2) is 0 Å². The molecule has 0 fully saturated rings. The normalized spacial score (nSPS) is 10.5. The van der Waals surface area contributed by atoms with E-state index in [-0.39, 0.29) is 13.0 Å². The Morgan fingerprint density at radius 3 is 2.45 bits per heavy atom. The molecule has 0 amide bonds. The smallest absolute Gasteiger partial charge is 0.381 e. The Balaban J connectivity index is 3.41. The summed E-state index contributed by atoms with van der Waals surface area (Å²) >= 11 is 0. The molecule has 1 nitrogen and oxygen atoms in total. The molecule has 4 heteroatoms. The van der Waals surface area contributed by atoms with E-state index in [1.165, 1.54) is 0 Å². The van der Waals surface area contributed by atoms with Crippen LogP contribution < -0.4 is 0 Å². The highest BCUT2D eigenvalue weighted by Crippen LogP contribution is 2.11. The topological polar surface area (TPSA) is 9.23 Å². The van der Waals surface area contributed by atoms with Gasteiger partial charge in [0.15, 0.2) is 0 Å². The van der Waals surface area contributed by atoms with Gasteiger partial charge >= 0.3 is 6.18 Å². The maximum Gasteiger partial charge on any atom is 0.457 e. The van der Waals surface area contributed by atoms with Crippen molar-refractivity contribution >= 4 is 0 Å². The fourth-order valence-electron chi connectivity index (χ4n) is 0.430. The molecule has 64 valence electrons. The van der Waals surface area contributed by atoms with Crippen LogP contribution in [0.1, 0.15) is 13.3 Å². The van der Waals surface area contributed by atoms with E-state index in [4.69, 9.17) is 4.74 Å². The first-order valence-electron chi connectivity index (χ1n) is 3.20. The third kappa shape index (κ3) is 9.31. The summed E-state index contributed by atoms with van der Waals surface area (Å²) in [6.45, 7) is 2.55. The predicted molar refractivity (Wildman–Crippen MR) is 34.9 cm³/mol. The number of ether oxygens (including phenoxy) is 1. The molecule has 0 spiro atoms. The molecular weight excluding hydrogens is 157 g/mol. The van der Waals surface area contributed by atoms with Crippen LogP contribution in [-0.2, 0) is 4.74 Å². The van der Waals surface area contributed by atoms with Crippen molar-refractivity contribution in [2.75, 3.05) is 13.2 Å². The Labute approximate surface area is 63.5 Å². The first-order valence-corrected chi connectivity index (χ1v) is 3.20. The standard InChI is InChI=1S/C7H9F3O/c1-2-11-6-4-3-5-7(8,9)10/h2,4,6H2,1H3. The van der Waals surface area contributed by atoms with E-state index in [1.54, 1.807) is 6.92 Å². The number of alkyl halides is 3. The summed E-state index contributed by atoms with van der Waals surface area (Å²) < 4.78 is 38.8. The molecule has 0 unspecified atom stereocenters. The molecule has 0 saturated heterocycles. The van der Waals surface area contributed by atoms with E-state index in [1.807, 2.05) is 5.92 Å². The molecule has 0 N–H and O–H groups in total. The van der Waals surface area contributed by atoms with Gasteiger partial charge < -0.3 is 4.74 Å². The highest BCUT2D eigenvalue weighted by molar-refractivity contribution is 5.04. The van der Waals surface area contributed by atoms with Crippen molar-refractivity contribution in [2.45, 2.75) is 19.5 Å². The number of halogens is 3. The second-order valence-corrected chi connectivity index (χ2v) is 1.75. The van der Waals surface area contributed by atoms with E-state index in [0.29, 0.717) is 6.61 Å². The summed E-state index contributed by atoms with van der Waals surface area (Å²) in [4.78, 5) is 0. The maximum atomic E-state index is 11.4. The van der Waals surface area contributed by atoms with E-state index in [2.05, 4.69) is 0 Å². The molecule has 0 bridgehead atoms. The van der Waals surface area contributed by atoms with Crippen LogP contribution in [-0.4, -0.2) is 19.4 Å². The van der Waals surface area contributed by atoms with Gasteiger partial charge in [0, 0.05) is 18.9 Å². The fourth-order valence-corrected chi connectivity index (χ4v) is 0.430. The van der Waals surface area contributed by atoms with Crippen LogP contribution in [0.4, 0.5) is 13.2 Å². The zero-order valence-electron chi connectivity index (χ0n) is 6.16. The molecule has 0 atom stereocenters. The molecule has 0 aromatic heterocycles. The fraction of sp³-hybridized carbons (Fsp3) is 0.714. The van der Waals surface area contributed by atoms with Gasteiger partial charge in [-0.05, 0) is 6.92 Å². The van der Waals surface area contributed by atoms with Gasteiger partial charge in [-0.15, -0.1) is 0 Å². The monoisotopic (exact) mass is 166 g/mol. The van der Waals surface area contributed by atoms with Gasteiger partial charge in [-0.25, -0.2) is 0 Å². The van der Waals surface area contributed by atoms with Gasteiger partial charge in [-0.3, -0.25) is 0 Å². The van der Waals surface area contributed by atoms with Crippen LogP contribution in [0.2, 0.25) is 0 Å². The zero-order valence-corrected chi connectivity index (χ0v) is 6.16. The van der Waals surface area contributed by atoms with Gasteiger partial charge in [-0.1, -0.05) is 5.92 Å². The summed E-state index contributed by atoms with van der Waals surface area (Å²) in [6, 6.07) is 0. The lowest BCUT2D eigenvalue weighted by molar-refractivity contribution is -0.0697. The molecule has 0 aliphatic heterocycles. The van der Waals surface area contributed by atoms with Crippen molar-refractivity contribution in [2.24, 2.45) is 0 Å². The molecule has 0 heterocycles. The second kappa shape index (κ2) is 5.03. The summed E-state index contributed by atoms with van der Waals surface area (Å²) in [6.07, 6.45) is -4.24. The largest absolute Gasteiger partial charge is 0.457 e. The van der Waals surface area contributed by atoms with Crippen molar-refractivity contribution in [1.82, 2.24) is 0 Å². The van der Waals surface area contributed by atoms with Crippen LogP contribution in [0.3, 0.4) is 0 Å². The molecule has 0 aliphatic rings. The molecule has 11 heavy (non-hydrogen) atoms. The van der Waals surface area contributed by atoms with Crippen LogP contribution in [0, 0.1) is 11.8 Å². The highest BCUT2D eigenvalue weighted by atomic mass is 19.4. The first kappa shape index (κ1) is 10.3. The van der Waals surface area contributed by atoms with E-state index in [9.17, 15) is 13.2 Å². The second-order valence-electron chi connectivity index (χ2n) is 1.75. The molecule has 0 saturated carbocycles. The van der Waals surface area contributed by atoms with Gasteiger partial charge in [-0.2, -0.15) is 13.2 Å². The van der Waals surface area contributed by atoms with E-state index >= 15 is 0 Å². The van der Waals surface area contributed by atoms with Crippen LogP contribution in [0.25, 0.3) is 0 Å². The third-order valence-electron chi connectivity index (χ3n) is 0.806. The number of rotatable bonds is 3. The third-order valence-corrected chi connectivity index (χ3v) is 0.806. The van der Waals surface area contributed by atoms with E-state index < -0.39 is 6.18 Å². The molecule has 0 aromatic rings. The first-order chi connectivity index (χ1) is 5.06. The lowest BCUT2D eigenvalue weighted by atomic mass is 10.4. The lowest BCUT2D eigenvalue weighted by Crippen LogP contribution is -2.01. The SMILES string of the molecule is CCOCCC#CC(F)(F)F. The number of hydrogen-bond donors (Lipinski definition) is 0. The summed E-state index contributed by atoms with van der Waals surface area (Å²) in [5.74, 6) is 3.11. The quantitative estimate of drug-likeness (QED) is 0.460. The highest BCUT2D eigenvalue weighted by Gasteiger charge is 2.22. The Bertz CT molecular complexity index is 151. The van der Waals surface area contributed by atoms with Crippen LogP contribution in [0.5, 0.6) is 0 Å². The lowest BCUT2D eigenvalue weighted by Gasteiger charge is -1.94. The van der Waals surface area contributed by atoms with Gasteiger partial charge in [0.1, 0.15) is 0 Å². The predicted octanol–water partition coefficient (Wildman–Crippen LogP) is 1.98. The molecule has 0 rings (SSSR count). The average Bonchev–Trinajstić information content (AvgIpc) is 1.85. The molecule has 0 aromatic carbocycles. The minimum atomic E-state index is -4.37. The van der Waals surface area contributed by atoms with Gasteiger partial charge in [0.2, 0.25) is 0 Å². The minimum absolute atomic E-state index is 0.132. The minimum Gasteiger partial charge on any atom is -0.381 e. The van der Waals surface area contributed by atoms with Crippen molar-refractivity contribution in [3.8, 4) is 11.8 Å². The van der Waals surface area contributed by atoms with Gasteiger partial charge in [0.25, 0.3) is 0 Å². The van der Waals surface area contributed by atoms with Crippen molar-refractivity contribution in [3.63, 3.8) is 0 Å². The Hall–Kier alpha value is -0.690. The van der Waals surface area contributed by atoms with Crippen molar-refractivity contribution < 1.29 is 17.9 Å². The molecule has 0 radical (unpaired) electrons. The van der Waals surface area contributed by atoms with Crippen molar-refractivity contribution in [1.29, 1.82) is 0 Å². The molecular formula is C7H9F3O. The van der Waals surface area contributed by atoms with Crippen molar-refractivity contribution in [3.05, 3.63) is 0 Å². The Morgan fingerprint density at radius 1 is 1.36 bits per heavy atom. The molecule has 0 aliphatic carbocycles. The van der Waals surface area contributed by atoms with Gasteiger partial charge in [0.05, 0.1) is 6.61 Å². The number of hydrogen-bond acceptors (Lipinski definition) is 1. The average molecular weight is 166 g/mol. The summed E-state index contributed by atoms with van der Waals surface area (Å²) in [7, 11) is 0. The Kier molecular flexibility index (Phi) is 4.71. The Morgan fingerprint density at radius 2 is 2.00 bits per heavy atom. The zero-order chi connectivity index (χ0) is 8.74. The van der Waals surface area contributed by atoms with E-state index in [0.717, 1.165) is 5.92 Å².